The molecule has 4 aromatic rings. The molecule has 41 heavy (non-hydrogen) atoms. The molecule has 1 aliphatic heterocycles. The van der Waals surface area contributed by atoms with Gasteiger partial charge in [-0.3, -0.25) is 0 Å². The molecule has 214 valence electrons. The molecule has 0 bridgehead atoms. The Kier molecular flexibility index (Phi) is 9.86. The van der Waals surface area contributed by atoms with E-state index in [1.54, 1.807) is 7.11 Å². The molecule has 0 aliphatic carbocycles. The summed E-state index contributed by atoms with van der Waals surface area (Å²) in [5.41, 5.74) is 3.30. The molecule has 7 nitrogen and oxygen atoms in total. The van der Waals surface area contributed by atoms with Gasteiger partial charge >= 0.3 is 6.09 Å². The molecule has 1 fully saturated rings. The predicted octanol–water partition coefficient (Wildman–Crippen LogP) is 6.50. The highest BCUT2D eigenvalue weighted by molar-refractivity contribution is 5.82. The number of benzene rings is 4. The number of carboxylic acid groups (broad SMARTS) is 1. The summed E-state index contributed by atoms with van der Waals surface area (Å²) in [5, 5.41) is 12.0. The van der Waals surface area contributed by atoms with Gasteiger partial charge in [0.2, 0.25) is 0 Å². The number of rotatable bonds is 12. The lowest BCUT2D eigenvalue weighted by Crippen LogP contribution is -2.46. The van der Waals surface area contributed by atoms with Gasteiger partial charge in [0.1, 0.15) is 18.5 Å². The van der Waals surface area contributed by atoms with Gasteiger partial charge in [0.15, 0.2) is 0 Å². The van der Waals surface area contributed by atoms with Crippen molar-refractivity contribution in [3.63, 3.8) is 0 Å². The zero-order chi connectivity index (χ0) is 28.4. The molecule has 0 aromatic heterocycles. The van der Waals surface area contributed by atoms with Gasteiger partial charge in [-0.2, -0.15) is 0 Å². The summed E-state index contributed by atoms with van der Waals surface area (Å²) in [4.78, 5) is 13.2. The fraction of sp³-hybridized carbons (Fsp3) is 0.324. The maximum Gasteiger partial charge on any atom is 0.407 e. The summed E-state index contributed by atoms with van der Waals surface area (Å²) in [6, 6.07) is 32.6. The molecule has 0 radical (unpaired) electrons. The molecule has 0 unspecified atom stereocenters. The first-order chi connectivity index (χ1) is 20.1. The fourth-order valence-electron chi connectivity index (χ4n) is 5.24. The van der Waals surface area contributed by atoms with E-state index in [0.29, 0.717) is 45.9 Å². The molecular formula is C34H37NO6. The summed E-state index contributed by atoms with van der Waals surface area (Å²) in [6.45, 7) is 2.57. The normalized spacial score (nSPS) is 17.8. The van der Waals surface area contributed by atoms with Crippen molar-refractivity contribution < 1.29 is 28.8 Å². The van der Waals surface area contributed by atoms with Crippen LogP contribution in [0.25, 0.3) is 10.8 Å². The van der Waals surface area contributed by atoms with Crippen LogP contribution < -0.4 is 4.74 Å². The number of methoxy groups -OCH3 is 1. The topological polar surface area (TPSA) is 77.5 Å². The molecule has 1 amide bonds. The van der Waals surface area contributed by atoms with Gasteiger partial charge in [0.25, 0.3) is 0 Å². The first kappa shape index (κ1) is 28.6. The molecule has 4 aromatic carbocycles. The number of hydrogen-bond acceptors (Lipinski definition) is 5. The standard InChI is InChI=1S/C34H37NO6/c1-38-31(23-39-21-25-7-3-2-4-8-25)24-40-30-15-13-28(14-16-30)32-17-18-35(34(36)37)20-33(32)41-22-26-11-12-27-9-5-6-10-29(27)19-26/h2-16,19,31-33H,17-18,20-24H2,1H3,(H,36,37)/t31-,32+,33-/m0/s1. The van der Waals surface area contributed by atoms with Crippen molar-refractivity contribution in [1.82, 2.24) is 4.90 Å². The maximum absolute atomic E-state index is 11.7. The van der Waals surface area contributed by atoms with Gasteiger partial charge in [-0.1, -0.05) is 78.9 Å². The number of fused-ring (bicyclic) bond motifs is 1. The quantitative estimate of drug-likeness (QED) is 0.215. The lowest BCUT2D eigenvalue weighted by Gasteiger charge is -2.37. The lowest BCUT2D eigenvalue weighted by molar-refractivity contribution is -0.0204. The Hall–Kier alpha value is -3.91. The van der Waals surface area contributed by atoms with E-state index in [9.17, 15) is 9.90 Å². The van der Waals surface area contributed by atoms with Crippen molar-refractivity contribution in [2.75, 3.05) is 33.4 Å². The van der Waals surface area contributed by atoms with E-state index >= 15 is 0 Å². The van der Waals surface area contributed by atoms with E-state index in [2.05, 4.69) is 42.5 Å². The van der Waals surface area contributed by atoms with Crippen LogP contribution >= 0.6 is 0 Å². The number of likely N-dealkylation sites (tertiary alicyclic amines) is 1. The van der Waals surface area contributed by atoms with Crippen LogP contribution in [0.3, 0.4) is 0 Å². The molecule has 7 heteroatoms. The van der Waals surface area contributed by atoms with E-state index in [-0.39, 0.29) is 18.1 Å². The second-order valence-electron chi connectivity index (χ2n) is 10.4. The van der Waals surface area contributed by atoms with Crippen molar-refractivity contribution >= 4 is 16.9 Å². The second kappa shape index (κ2) is 14.1. The van der Waals surface area contributed by atoms with Crippen LogP contribution in [0.15, 0.2) is 97.1 Å². The summed E-state index contributed by atoms with van der Waals surface area (Å²) in [6.07, 6.45) is -0.657. The van der Waals surface area contributed by atoms with E-state index in [1.807, 2.05) is 54.6 Å². The molecule has 0 spiro atoms. The summed E-state index contributed by atoms with van der Waals surface area (Å²) >= 11 is 0. The van der Waals surface area contributed by atoms with E-state index in [0.717, 1.165) is 27.8 Å². The number of hydrogen-bond donors (Lipinski definition) is 1. The first-order valence-corrected chi connectivity index (χ1v) is 14.0. The monoisotopic (exact) mass is 555 g/mol. The minimum atomic E-state index is -0.910. The third kappa shape index (κ3) is 7.85. The fourth-order valence-corrected chi connectivity index (χ4v) is 5.24. The third-order valence-electron chi connectivity index (χ3n) is 7.60. The van der Waals surface area contributed by atoms with Crippen LogP contribution in [-0.4, -0.2) is 61.7 Å². The van der Waals surface area contributed by atoms with Gasteiger partial charge in [-0.15, -0.1) is 0 Å². The zero-order valence-electron chi connectivity index (χ0n) is 23.4. The number of piperidine rings is 1. The average Bonchev–Trinajstić information content (AvgIpc) is 3.02. The maximum atomic E-state index is 11.7. The molecule has 1 N–H and O–H groups in total. The van der Waals surface area contributed by atoms with Crippen molar-refractivity contribution in [3.8, 4) is 5.75 Å². The van der Waals surface area contributed by atoms with Crippen LogP contribution in [-0.2, 0) is 27.4 Å². The largest absolute Gasteiger partial charge is 0.491 e. The van der Waals surface area contributed by atoms with E-state index in [4.69, 9.17) is 18.9 Å². The van der Waals surface area contributed by atoms with Gasteiger partial charge in [0.05, 0.1) is 32.5 Å². The van der Waals surface area contributed by atoms with E-state index < -0.39 is 6.09 Å². The number of ether oxygens (including phenoxy) is 4. The number of carbonyl (C=O) groups is 1. The summed E-state index contributed by atoms with van der Waals surface area (Å²) in [5.74, 6) is 0.827. The van der Waals surface area contributed by atoms with E-state index in [1.165, 1.54) is 10.3 Å². The van der Waals surface area contributed by atoms with Crippen molar-refractivity contribution in [2.24, 2.45) is 0 Å². The molecule has 1 heterocycles. The SMILES string of the molecule is CO[C@@H](COCc1ccccc1)COc1ccc([C@H]2CCN(C(=O)O)C[C@@H]2OCc2ccc3ccccc3c2)cc1. The highest BCUT2D eigenvalue weighted by atomic mass is 16.6. The van der Waals surface area contributed by atoms with Gasteiger partial charge in [0, 0.05) is 19.6 Å². The lowest BCUT2D eigenvalue weighted by atomic mass is 9.87. The molecule has 1 saturated heterocycles. The number of amides is 1. The summed E-state index contributed by atoms with van der Waals surface area (Å²) in [7, 11) is 1.66. The van der Waals surface area contributed by atoms with Crippen LogP contribution in [0.2, 0.25) is 0 Å². The minimum absolute atomic E-state index is 0.0817. The molecular weight excluding hydrogens is 518 g/mol. The van der Waals surface area contributed by atoms with Crippen LogP contribution in [0.4, 0.5) is 4.79 Å². The molecule has 0 saturated carbocycles. The average molecular weight is 556 g/mol. The Bertz CT molecular complexity index is 1390. The Morgan fingerprint density at radius 2 is 1.63 bits per heavy atom. The van der Waals surface area contributed by atoms with Gasteiger partial charge in [-0.25, -0.2) is 4.79 Å². The summed E-state index contributed by atoms with van der Waals surface area (Å²) < 4.78 is 23.7. The van der Waals surface area contributed by atoms with Crippen molar-refractivity contribution in [2.45, 2.75) is 37.8 Å². The Morgan fingerprint density at radius 3 is 2.39 bits per heavy atom. The Balaban J connectivity index is 1.17. The van der Waals surface area contributed by atoms with Crippen LogP contribution in [0.5, 0.6) is 5.75 Å². The van der Waals surface area contributed by atoms with Crippen LogP contribution in [0, 0.1) is 0 Å². The third-order valence-corrected chi connectivity index (χ3v) is 7.60. The van der Waals surface area contributed by atoms with Gasteiger partial charge in [-0.05, 0) is 52.1 Å². The predicted molar refractivity (Wildman–Crippen MR) is 158 cm³/mol. The highest BCUT2D eigenvalue weighted by Gasteiger charge is 2.33. The van der Waals surface area contributed by atoms with Crippen molar-refractivity contribution in [1.29, 1.82) is 0 Å². The first-order valence-electron chi connectivity index (χ1n) is 14.0. The van der Waals surface area contributed by atoms with Crippen molar-refractivity contribution in [3.05, 3.63) is 114 Å². The van der Waals surface area contributed by atoms with Crippen LogP contribution in [0.1, 0.15) is 29.0 Å². The van der Waals surface area contributed by atoms with Gasteiger partial charge < -0.3 is 29.0 Å². The zero-order valence-corrected chi connectivity index (χ0v) is 23.4. The number of nitrogens with zero attached hydrogens (tertiary/aromatic N) is 1. The molecule has 1 aliphatic rings. The minimum Gasteiger partial charge on any atom is -0.491 e. The Labute approximate surface area is 241 Å². The smallest absolute Gasteiger partial charge is 0.407 e. The molecule has 5 rings (SSSR count). The highest BCUT2D eigenvalue weighted by Crippen LogP contribution is 2.32. The molecule has 3 atom stereocenters. The second-order valence-corrected chi connectivity index (χ2v) is 10.4. The Morgan fingerprint density at radius 1 is 0.878 bits per heavy atom.